The Labute approximate surface area is 200 Å². The number of urea groups is 1. The van der Waals surface area contributed by atoms with Crippen LogP contribution in [0.25, 0.3) is 6.08 Å². The molecule has 0 spiro atoms. The maximum absolute atomic E-state index is 13.1. The lowest BCUT2D eigenvalue weighted by atomic mass is 10.1. The molecule has 0 unspecified atom stereocenters. The highest BCUT2D eigenvalue weighted by molar-refractivity contribution is 6.39. The average molecular weight is 484 g/mol. The molecule has 0 radical (unpaired) electrons. The summed E-state index contributed by atoms with van der Waals surface area (Å²) >= 11 is 12.0. The van der Waals surface area contributed by atoms with E-state index in [1.807, 2.05) is 17.7 Å². The highest BCUT2D eigenvalue weighted by Crippen LogP contribution is 2.26. The second kappa shape index (κ2) is 9.52. The number of carbonyl (C=O) groups is 3. The van der Waals surface area contributed by atoms with E-state index >= 15 is 0 Å². The number of amides is 4. The van der Waals surface area contributed by atoms with Gasteiger partial charge in [0.25, 0.3) is 11.8 Å². The van der Waals surface area contributed by atoms with Gasteiger partial charge in [-0.25, -0.2) is 9.69 Å². The summed E-state index contributed by atoms with van der Waals surface area (Å²) in [5, 5.41) is 3.24. The molecule has 1 aliphatic rings. The highest BCUT2D eigenvalue weighted by Gasteiger charge is 2.37. The predicted molar refractivity (Wildman–Crippen MR) is 127 cm³/mol. The Morgan fingerprint density at radius 3 is 2.52 bits per heavy atom. The van der Waals surface area contributed by atoms with Crippen LogP contribution in [0.4, 0.5) is 10.5 Å². The van der Waals surface area contributed by atoms with Gasteiger partial charge in [-0.3, -0.25) is 14.9 Å². The van der Waals surface area contributed by atoms with Crippen LogP contribution in [0.2, 0.25) is 10.0 Å². The summed E-state index contributed by atoms with van der Waals surface area (Å²) in [4.78, 5) is 38.8. The molecule has 9 heteroatoms. The number of ether oxygens (including phenoxy) is 1. The number of anilines is 1. The minimum Gasteiger partial charge on any atom is -0.492 e. The quantitative estimate of drug-likeness (QED) is 0.401. The molecule has 33 heavy (non-hydrogen) atoms. The van der Waals surface area contributed by atoms with Crippen LogP contribution in [0.3, 0.4) is 0 Å². The molecule has 1 N–H and O–H groups in total. The number of carbonyl (C=O) groups excluding carboxylic acids is 3. The molecule has 2 aromatic carbocycles. The average Bonchev–Trinajstić information content (AvgIpc) is 3.22. The molecule has 0 bridgehead atoms. The second-order valence-electron chi connectivity index (χ2n) is 7.32. The first kappa shape index (κ1) is 22.6. The molecule has 0 saturated carbocycles. The minimum absolute atomic E-state index is 0.162. The Hall–Kier alpha value is -3.55. The third-order valence-electron chi connectivity index (χ3n) is 5.09. The smallest absolute Gasteiger partial charge is 0.335 e. The topological polar surface area (TPSA) is 80.6 Å². The zero-order valence-corrected chi connectivity index (χ0v) is 19.1. The van der Waals surface area contributed by atoms with Gasteiger partial charge < -0.3 is 9.30 Å². The number of halogens is 2. The molecular formula is C24H19Cl2N3O4. The molecule has 4 rings (SSSR count). The maximum Gasteiger partial charge on any atom is 0.335 e. The number of nitrogens with one attached hydrogen (secondary N) is 1. The van der Waals surface area contributed by atoms with Crippen molar-refractivity contribution in [2.45, 2.75) is 13.5 Å². The van der Waals surface area contributed by atoms with Crippen molar-refractivity contribution in [1.29, 1.82) is 0 Å². The van der Waals surface area contributed by atoms with Gasteiger partial charge in [-0.1, -0.05) is 29.3 Å². The summed E-state index contributed by atoms with van der Waals surface area (Å²) in [6, 6.07) is 14.6. The Balaban J connectivity index is 1.54. The summed E-state index contributed by atoms with van der Waals surface area (Å²) < 4.78 is 7.56. The van der Waals surface area contributed by atoms with Gasteiger partial charge in [0.2, 0.25) is 0 Å². The van der Waals surface area contributed by atoms with Crippen LogP contribution in [0.15, 0.2) is 66.4 Å². The lowest BCUT2D eigenvalue weighted by Gasteiger charge is -2.26. The van der Waals surface area contributed by atoms with E-state index in [0.29, 0.717) is 34.6 Å². The first-order valence-electron chi connectivity index (χ1n) is 10.0. The number of nitrogens with zero attached hydrogens (tertiary/aromatic N) is 2. The van der Waals surface area contributed by atoms with Crippen molar-refractivity contribution in [3.05, 3.63) is 87.7 Å². The van der Waals surface area contributed by atoms with E-state index in [-0.39, 0.29) is 11.3 Å². The molecule has 1 aromatic heterocycles. The van der Waals surface area contributed by atoms with Crippen LogP contribution in [0, 0.1) is 6.92 Å². The van der Waals surface area contributed by atoms with E-state index in [1.54, 1.807) is 48.5 Å². The van der Waals surface area contributed by atoms with Crippen LogP contribution >= 0.6 is 23.2 Å². The van der Waals surface area contributed by atoms with Gasteiger partial charge in [0.05, 0.1) is 12.2 Å². The molecular weight excluding hydrogens is 465 g/mol. The van der Waals surface area contributed by atoms with Crippen molar-refractivity contribution in [1.82, 2.24) is 9.88 Å². The van der Waals surface area contributed by atoms with Crippen molar-refractivity contribution < 1.29 is 19.1 Å². The number of rotatable bonds is 6. The predicted octanol–water partition coefficient (Wildman–Crippen LogP) is 4.85. The third-order valence-corrected chi connectivity index (χ3v) is 5.75. The molecule has 168 valence electrons. The fourth-order valence-electron chi connectivity index (χ4n) is 3.32. The molecule has 1 fully saturated rings. The first-order valence-corrected chi connectivity index (χ1v) is 10.8. The van der Waals surface area contributed by atoms with Gasteiger partial charge >= 0.3 is 6.03 Å². The Bertz CT molecular complexity index is 1260. The van der Waals surface area contributed by atoms with Gasteiger partial charge in [-0.2, -0.15) is 0 Å². The Morgan fingerprint density at radius 2 is 1.79 bits per heavy atom. The van der Waals surface area contributed by atoms with E-state index in [4.69, 9.17) is 27.9 Å². The summed E-state index contributed by atoms with van der Waals surface area (Å²) in [6.07, 6.45) is 3.26. The molecule has 1 aliphatic heterocycles. The number of barbiturate groups is 1. The molecule has 4 amide bonds. The lowest BCUT2D eigenvalue weighted by molar-refractivity contribution is -0.122. The van der Waals surface area contributed by atoms with E-state index in [9.17, 15) is 14.4 Å². The number of imide groups is 2. The number of hydrogen-bond acceptors (Lipinski definition) is 4. The minimum atomic E-state index is -0.825. The van der Waals surface area contributed by atoms with Gasteiger partial charge in [0.15, 0.2) is 0 Å². The van der Waals surface area contributed by atoms with Crippen molar-refractivity contribution in [3.63, 3.8) is 0 Å². The van der Waals surface area contributed by atoms with Crippen LogP contribution in [0.1, 0.15) is 11.3 Å². The van der Waals surface area contributed by atoms with E-state index in [0.717, 1.165) is 10.5 Å². The molecule has 7 nitrogen and oxygen atoms in total. The fraction of sp³-hybridized carbons (Fsp3) is 0.125. The zero-order valence-electron chi connectivity index (χ0n) is 17.5. The fourth-order valence-corrected chi connectivity index (χ4v) is 3.62. The van der Waals surface area contributed by atoms with Gasteiger partial charge in [-0.15, -0.1) is 0 Å². The number of hydrogen-bond donors (Lipinski definition) is 1. The van der Waals surface area contributed by atoms with Crippen LogP contribution < -0.4 is 15.0 Å². The first-order chi connectivity index (χ1) is 15.8. The van der Waals surface area contributed by atoms with E-state index in [1.165, 1.54) is 12.1 Å². The van der Waals surface area contributed by atoms with Gasteiger partial charge in [0.1, 0.15) is 17.9 Å². The summed E-state index contributed by atoms with van der Waals surface area (Å²) in [5.74, 6) is -0.808. The zero-order chi connectivity index (χ0) is 23.5. The maximum atomic E-state index is 13.1. The van der Waals surface area contributed by atoms with Crippen LogP contribution in [-0.4, -0.2) is 29.0 Å². The molecule has 0 atom stereocenters. The third kappa shape index (κ3) is 4.94. The second-order valence-corrected chi connectivity index (χ2v) is 8.16. The molecule has 2 heterocycles. The largest absolute Gasteiger partial charge is 0.492 e. The molecule has 1 saturated heterocycles. The molecule has 3 aromatic rings. The SMILES string of the molecule is Cc1ccc(N2C(=O)NC(=O)C(=Cc3cccn3CCOc3ccc(Cl)cc3)C2=O)cc1Cl. The van der Waals surface area contributed by atoms with Gasteiger partial charge in [0, 0.05) is 21.9 Å². The number of benzene rings is 2. The number of aryl methyl sites for hydroxylation is 1. The molecule has 0 aliphatic carbocycles. The summed E-state index contributed by atoms with van der Waals surface area (Å²) in [7, 11) is 0. The van der Waals surface area contributed by atoms with E-state index in [2.05, 4.69) is 5.32 Å². The summed E-state index contributed by atoms with van der Waals surface area (Å²) in [6.45, 7) is 2.64. The monoisotopic (exact) mass is 483 g/mol. The lowest BCUT2D eigenvalue weighted by Crippen LogP contribution is -2.54. The van der Waals surface area contributed by atoms with Crippen LogP contribution in [-0.2, 0) is 16.1 Å². The standard InChI is InChI=1S/C24H19Cl2N3O4/c1-15-4-7-18(14-21(15)26)29-23(31)20(22(30)27-24(29)32)13-17-3-2-10-28(17)11-12-33-19-8-5-16(25)6-9-19/h2-10,13-14H,11-12H2,1H3,(H,27,30,32). The summed E-state index contributed by atoms with van der Waals surface area (Å²) in [5.41, 5.74) is 1.53. The Kier molecular flexibility index (Phi) is 6.53. The van der Waals surface area contributed by atoms with Crippen molar-refractivity contribution in [2.75, 3.05) is 11.5 Å². The van der Waals surface area contributed by atoms with Crippen molar-refractivity contribution in [3.8, 4) is 5.75 Å². The highest BCUT2D eigenvalue weighted by atomic mass is 35.5. The van der Waals surface area contributed by atoms with E-state index < -0.39 is 17.8 Å². The van der Waals surface area contributed by atoms with Crippen molar-refractivity contribution in [2.24, 2.45) is 0 Å². The number of aromatic nitrogens is 1. The Morgan fingerprint density at radius 1 is 1.03 bits per heavy atom. The van der Waals surface area contributed by atoms with Gasteiger partial charge in [-0.05, 0) is 67.1 Å². The normalized spacial score (nSPS) is 15.2. The van der Waals surface area contributed by atoms with Crippen LogP contribution in [0.5, 0.6) is 5.75 Å². The van der Waals surface area contributed by atoms with Crippen molar-refractivity contribution >= 4 is 52.8 Å².